The molecule has 1 aliphatic heterocycles. The third kappa shape index (κ3) is 3.59. The molecule has 1 saturated heterocycles. The lowest BCUT2D eigenvalue weighted by atomic mass is 9.91. The van der Waals surface area contributed by atoms with E-state index in [0.29, 0.717) is 19.6 Å². The maximum Gasteiger partial charge on any atom is 0.335 e. The average Bonchev–Trinajstić information content (AvgIpc) is 3.12. The summed E-state index contributed by atoms with van der Waals surface area (Å²) in [4.78, 5) is 11.4. The predicted molar refractivity (Wildman–Crippen MR) is 92.0 cm³/mol. The van der Waals surface area contributed by atoms with Gasteiger partial charge in [-0.05, 0) is 43.4 Å². The number of carbonyl (C=O) groups is 1. The van der Waals surface area contributed by atoms with Crippen molar-refractivity contribution in [1.82, 2.24) is 14.1 Å². The van der Waals surface area contributed by atoms with E-state index in [-0.39, 0.29) is 16.4 Å². The normalized spacial score (nSPS) is 19.0. The molecule has 134 valence electrons. The molecule has 7 nitrogen and oxygen atoms in total. The van der Waals surface area contributed by atoms with Gasteiger partial charge >= 0.3 is 5.97 Å². The van der Waals surface area contributed by atoms with E-state index in [1.807, 2.05) is 13.0 Å². The molecule has 2 aromatic rings. The first-order valence-corrected chi connectivity index (χ1v) is 9.71. The van der Waals surface area contributed by atoms with Crippen molar-refractivity contribution in [2.24, 2.45) is 0 Å². The zero-order chi connectivity index (χ0) is 18.0. The number of sulfonamides is 1. The second kappa shape index (κ2) is 6.97. The van der Waals surface area contributed by atoms with Crippen molar-refractivity contribution in [2.75, 3.05) is 13.1 Å². The Labute approximate surface area is 146 Å². The number of aromatic nitrogens is 2. The van der Waals surface area contributed by atoms with Crippen LogP contribution in [0.3, 0.4) is 0 Å². The fraction of sp³-hybridized carbons (Fsp3) is 0.412. The molecule has 1 atom stereocenters. The van der Waals surface area contributed by atoms with E-state index in [9.17, 15) is 13.2 Å². The molecule has 1 aromatic heterocycles. The van der Waals surface area contributed by atoms with Gasteiger partial charge in [0.15, 0.2) is 0 Å². The van der Waals surface area contributed by atoms with Gasteiger partial charge in [-0.25, -0.2) is 13.2 Å². The minimum absolute atomic E-state index is 0.0101. The Bertz CT molecular complexity index is 876. The molecule has 0 radical (unpaired) electrons. The molecule has 0 spiro atoms. The highest BCUT2D eigenvalue weighted by Crippen LogP contribution is 2.30. The number of aryl methyl sites for hydroxylation is 1. The number of hydrogen-bond donors (Lipinski definition) is 1. The highest BCUT2D eigenvalue weighted by atomic mass is 32.2. The molecule has 0 saturated carbocycles. The van der Waals surface area contributed by atoms with Gasteiger partial charge in [-0.3, -0.25) is 4.68 Å². The highest BCUT2D eigenvalue weighted by Gasteiger charge is 2.31. The summed E-state index contributed by atoms with van der Waals surface area (Å²) >= 11 is 0. The summed E-state index contributed by atoms with van der Waals surface area (Å²) in [6.45, 7) is 3.33. The molecular weight excluding hydrogens is 342 g/mol. The van der Waals surface area contributed by atoms with E-state index in [1.165, 1.54) is 10.5 Å². The van der Waals surface area contributed by atoms with Crippen LogP contribution in [0.15, 0.2) is 41.6 Å². The van der Waals surface area contributed by atoms with Crippen LogP contribution < -0.4 is 0 Å². The average molecular weight is 363 g/mol. The van der Waals surface area contributed by atoms with Crippen molar-refractivity contribution in [3.8, 4) is 0 Å². The molecule has 1 aromatic carbocycles. The van der Waals surface area contributed by atoms with Crippen molar-refractivity contribution in [3.63, 3.8) is 0 Å². The maximum atomic E-state index is 12.8. The summed E-state index contributed by atoms with van der Waals surface area (Å²) in [5.41, 5.74) is 1.09. The summed E-state index contributed by atoms with van der Waals surface area (Å²) in [5.74, 6) is -0.988. The van der Waals surface area contributed by atoms with E-state index < -0.39 is 16.0 Å². The van der Waals surface area contributed by atoms with Crippen LogP contribution in [0.5, 0.6) is 0 Å². The van der Waals surface area contributed by atoms with E-state index in [0.717, 1.165) is 18.4 Å². The lowest BCUT2D eigenvalue weighted by molar-refractivity contribution is 0.0696. The van der Waals surface area contributed by atoms with E-state index >= 15 is 0 Å². The van der Waals surface area contributed by atoms with Crippen LogP contribution in [0.4, 0.5) is 0 Å². The smallest absolute Gasteiger partial charge is 0.335 e. The minimum atomic E-state index is -3.58. The number of piperidine rings is 1. The topological polar surface area (TPSA) is 92.5 Å². The summed E-state index contributed by atoms with van der Waals surface area (Å²) in [6.07, 6.45) is 4.50. The number of carboxylic acid groups (broad SMARTS) is 1. The Morgan fingerprint density at radius 1 is 1.40 bits per heavy atom. The van der Waals surface area contributed by atoms with Gasteiger partial charge in [0, 0.05) is 25.8 Å². The Kier molecular flexibility index (Phi) is 4.91. The van der Waals surface area contributed by atoms with Gasteiger partial charge in [0.2, 0.25) is 10.0 Å². The zero-order valence-corrected chi connectivity index (χ0v) is 14.8. The van der Waals surface area contributed by atoms with Crippen molar-refractivity contribution >= 4 is 16.0 Å². The van der Waals surface area contributed by atoms with Gasteiger partial charge in [0.05, 0.1) is 11.8 Å². The van der Waals surface area contributed by atoms with E-state index in [1.54, 1.807) is 29.1 Å². The number of carboxylic acids is 1. The second-order valence-electron chi connectivity index (χ2n) is 6.16. The number of aromatic carboxylic acids is 1. The highest BCUT2D eigenvalue weighted by molar-refractivity contribution is 7.89. The third-order valence-electron chi connectivity index (χ3n) is 4.56. The van der Waals surface area contributed by atoms with Crippen molar-refractivity contribution in [1.29, 1.82) is 0 Å². The number of nitrogens with zero attached hydrogens (tertiary/aromatic N) is 3. The van der Waals surface area contributed by atoms with Gasteiger partial charge < -0.3 is 5.11 Å². The molecule has 0 unspecified atom stereocenters. The summed E-state index contributed by atoms with van der Waals surface area (Å²) in [5, 5.41) is 13.2. The third-order valence-corrected chi connectivity index (χ3v) is 6.38. The molecule has 0 bridgehead atoms. The van der Waals surface area contributed by atoms with Gasteiger partial charge in [-0.1, -0.05) is 12.1 Å². The van der Waals surface area contributed by atoms with E-state index in [4.69, 9.17) is 5.11 Å². The molecule has 0 aliphatic carbocycles. The SMILES string of the molecule is CCn1cc(S(=O)(=O)N2CCC[C@H](c3cccc(C(=O)O)c3)C2)cn1. The Balaban J connectivity index is 1.83. The van der Waals surface area contributed by atoms with Crippen molar-refractivity contribution in [3.05, 3.63) is 47.8 Å². The summed E-state index contributed by atoms with van der Waals surface area (Å²) < 4.78 is 28.8. The van der Waals surface area contributed by atoms with Crippen molar-refractivity contribution < 1.29 is 18.3 Å². The largest absolute Gasteiger partial charge is 0.478 e. The van der Waals surface area contributed by atoms with Crippen LogP contribution in [0.25, 0.3) is 0 Å². The van der Waals surface area contributed by atoms with Gasteiger partial charge in [-0.2, -0.15) is 9.40 Å². The zero-order valence-electron chi connectivity index (χ0n) is 14.0. The Morgan fingerprint density at radius 3 is 2.88 bits per heavy atom. The molecule has 0 amide bonds. The Hall–Kier alpha value is -2.19. The first-order chi connectivity index (χ1) is 11.9. The Morgan fingerprint density at radius 2 is 2.20 bits per heavy atom. The molecular formula is C17H21N3O4S. The van der Waals surface area contributed by atoms with Gasteiger partial charge in [0.25, 0.3) is 0 Å². The van der Waals surface area contributed by atoms with Crippen LogP contribution in [-0.2, 0) is 16.6 Å². The second-order valence-corrected chi connectivity index (χ2v) is 8.10. The van der Waals surface area contributed by atoms with Crippen molar-refractivity contribution in [2.45, 2.75) is 37.1 Å². The van der Waals surface area contributed by atoms with Crippen LogP contribution in [0, 0.1) is 0 Å². The number of rotatable bonds is 5. The molecule has 2 heterocycles. The van der Waals surface area contributed by atoms with Gasteiger partial charge in [-0.15, -0.1) is 0 Å². The lowest BCUT2D eigenvalue weighted by Crippen LogP contribution is -2.39. The standard InChI is InChI=1S/C17H21N3O4S/c1-2-19-12-16(10-18-19)25(23,24)20-8-4-7-15(11-20)13-5-3-6-14(9-13)17(21)22/h3,5-6,9-10,12,15H,2,4,7-8,11H2,1H3,(H,21,22)/t15-/m0/s1. The first-order valence-electron chi connectivity index (χ1n) is 8.27. The molecule has 25 heavy (non-hydrogen) atoms. The van der Waals surface area contributed by atoms with Crippen LogP contribution in [0.1, 0.15) is 41.6 Å². The van der Waals surface area contributed by atoms with Gasteiger partial charge in [0.1, 0.15) is 4.90 Å². The van der Waals surface area contributed by atoms with Crippen LogP contribution >= 0.6 is 0 Å². The quantitative estimate of drug-likeness (QED) is 0.879. The molecule has 1 fully saturated rings. The fourth-order valence-corrected chi connectivity index (χ4v) is 4.64. The monoisotopic (exact) mass is 363 g/mol. The molecule has 1 N–H and O–H groups in total. The molecule has 1 aliphatic rings. The predicted octanol–water partition coefficient (Wildman–Crippen LogP) is 2.17. The number of hydrogen-bond acceptors (Lipinski definition) is 4. The first kappa shape index (κ1) is 17.6. The summed E-state index contributed by atoms with van der Waals surface area (Å²) in [7, 11) is -3.58. The lowest BCUT2D eigenvalue weighted by Gasteiger charge is -2.32. The molecule has 3 rings (SSSR count). The van der Waals surface area contributed by atoms with E-state index in [2.05, 4.69) is 5.10 Å². The fourth-order valence-electron chi connectivity index (χ4n) is 3.16. The van der Waals surface area contributed by atoms with Crippen LogP contribution in [0.2, 0.25) is 0 Å². The number of benzene rings is 1. The van der Waals surface area contributed by atoms with Crippen LogP contribution in [-0.4, -0.2) is 46.7 Å². The molecule has 8 heteroatoms. The minimum Gasteiger partial charge on any atom is -0.478 e. The summed E-state index contributed by atoms with van der Waals surface area (Å²) in [6, 6.07) is 6.75. The maximum absolute atomic E-state index is 12.8.